The van der Waals surface area contributed by atoms with E-state index in [0.717, 1.165) is 25.8 Å². The second kappa shape index (κ2) is 15.2. The summed E-state index contributed by atoms with van der Waals surface area (Å²) < 4.78 is 0. The second-order valence-corrected chi connectivity index (χ2v) is 5.16. The van der Waals surface area contributed by atoms with Crippen LogP contribution >= 0.6 is 0 Å². The van der Waals surface area contributed by atoms with Gasteiger partial charge in [-0.2, -0.15) is 0 Å². The van der Waals surface area contributed by atoms with Gasteiger partial charge in [0.1, 0.15) is 0 Å². The number of carbonyl (C=O) groups is 1. The lowest BCUT2D eigenvalue weighted by Gasteiger charge is -1.98. The van der Waals surface area contributed by atoms with E-state index in [9.17, 15) is 4.79 Å². The number of carboxylic acid groups (broad SMARTS) is 1. The molecule has 0 amide bonds. The number of hydrogen-bond acceptors (Lipinski definition) is 2. The van der Waals surface area contributed by atoms with Crippen LogP contribution in [0.3, 0.4) is 0 Å². The van der Waals surface area contributed by atoms with E-state index in [2.05, 4.69) is 12.2 Å². The van der Waals surface area contributed by atoms with Crippen LogP contribution in [0.15, 0.2) is 12.2 Å². The van der Waals surface area contributed by atoms with E-state index in [1.54, 1.807) is 0 Å². The molecule has 0 radical (unpaired) electrons. The van der Waals surface area contributed by atoms with Crippen LogP contribution < -0.4 is 5.73 Å². The van der Waals surface area contributed by atoms with Crippen molar-refractivity contribution in [2.24, 2.45) is 5.73 Å². The lowest BCUT2D eigenvalue weighted by atomic mass is 10.1. The number of rotatable bonds is 14. The zero-order valence-electron chi connectivity index (χ0n) is 12.3. The van der Waals surface area contributed by atoms with E-state index in [-0.39, 0.29) is 0 Å². The van der Waals surface area contributed by atoms with Crippen molar-refractivity contribution in [3.8, 4) is 0 Å². The fraction of sp³-hybridized carbons (Fsp3) is 0.812. The van der Waals surface area contributed by atoms with E-state index in [1.165, 1.54) is 51.4 Å². The summed E-state index contributed by atoms with van der Waals surface area (Å²) in [5, 5.41) is 8.49. The average Bonchev–Trinajstić information content (AvgIpc) is 2.39. The smallest absolute Gasteiger partial charge is 0.303 e. The molecule has 0 aromatic heterocycles. The van der Waals surface area contributed by atoms with Gasteiger partial charge in [-0.1, -0.05) is 44.3 Å². The van der Waals surface area contributed by atoms with Crippen molar-refractivity contribution in [3.05, 3.63) is 12.2 Å². The van der Waals surface area contributed by atoms with E-state index in [0.29, 0.717) is 6.42 Å². The fourth-order valence-electron chi connectivity index (χ4n) is 2.06. The molecule has 0 aliphatic carbocycles. The number of nitrogens with two attached hydrogens (primary N) is 1. The summed E-state index contributed by atoms with van der Waals surface area (Å²) in [5.74, 6) is -0.672. The van der Waals surface area contributed by atoms with Crippen LogP contribution in [0.4, 0.5) is 0 Å². The van der Waals surface area contributed by atoms with Gasteiger partial charge in [0.2, 0.25) is 0 Å². The number of unbranched alkanes of at least 4 members (excludes halogenated alkanes) is 9. The van der Waals surface area contributed by atoms with Gasteiger partial charge in [0, 0.05) is 6.42 Å². The monoisotopic (exact) mass is 269 g/mol. The Morgan fingerprint density at radius 2 is 1.26 bits per heavy atom. The number of aliphatic carboxylic acids is 1. The highest BCUT2D eigenvalue weighted by Gasteiger charge is 1.95. The Morgan fingerprint density at radius 1 is 0.789 bits per heavy atom. The Bertz CT molecular complexity index is 227. The van der Waals surface area contributed by atoms with Crippen molar-refractivity contribution in [2.75, 3.05) is 6.54 Å². The third-order valence-electron chi connectivity index (χ3n) is 3.25. The molecule has 0 saturated heterocycles. The van der Waals surface area contributed by atoms with Crippen LogP contribution in [0.2, 0.25) is 0 Å². The van der Waals surface area contributed by atoms with Crippen molar-refractivity contribution in [3.63, 3.8) is 0 Å². The lowest BCUT2D eigenvalue weighted by molar-refractivity contribution is -0.137. The number of carboxylic acids is 1. The standard InChI is InChI=1S/C16H31NO2/c17-15-13-11-9-7-5-3-1-2-4-6-8-10-12-14-16(18)19/h1,3H,2,4-15,17H2,(H,18,19)/b3-1-. The SMILES string of the molecule is NCCCCCC/C=C\CCCCCCCC(=O)O. The van der Waals surface area contributed by atoms with Crippen molar-refractivity contribution in [1.29, 1.82) is 0 Å². The van der Waals surface area contributed by atoms with Crippen molar-refractivity contribution >= 4 is 5.97 Å². The lowest BCUT2D eigenvalue weighted by Crippen LogP contribution is -1.97. The highest BCUT2D eigenvalue weighted by Crippen LogP contribution is 2.08. The predicted octanol–water partition coefficient (Wildman–Crippen LogP) is 4.27. The fourth-order valence-corrected chi connectivity index (χ4v) is 2.06. The molecule has 3 N–H and O–H groups in total. The van der Waals surface area contributed by atoms with Gasteiger partial charge >= 0.3 is 5.97 Å². The van der Waals surface area contributed by atoms with Gasteiger partial charge in [-0.25, -0.2) is 0 Å². The summed E-state index contributed by atoms with van der Waals surface area (Å²) in [5.41, 5.74) is 5.44. The molecule has 0 rings (SSSR count). The number of hydrogen-bond donors (Lipinski definition) is 2. The van der Waals surface area contributed by atoms with Crippen molar-refractivity contribution < 1.29 is 9.90 Å². The largest absolute Gasteiger partial charge is 0.481 e. The molecule has 0 aliphatic rings. The number of allylic oxidation sites excluding steroid dienone is 2. The van der Waals surface area contributed by atoms with Gasteiger partial charge in [0.15, 0.2) is 0 Å². The zero-order chi connectivity index (χ0) is 14.2. The van der Waals surface area contributed by atoms with Gasteiger partial charge in [0.05, 0.1) is 0 Å². The maximum absolute atomic E-state index is 10.3. The summed E-state index contributed by atoms with van der Waals surface area (Å²) in [7, 11) is 0. The first-order chi connectivity index (χ1) is 9.27. The maximum atomic E-state index is 10.3. The quantitative estimate of drug-likeness (QED) is 0.366. The molecule has 0 bridgehead atoms. The van der Waals surface area contributed by atoms with Crippen LogP contribution in [0, 0.1) is 0 Å². The summed E-state index contributed by atoms with van der Waals surface area (Å²) in [6, 6.07) is 0. The molecule has 0 unspecified atom stereocenters. The van der Waals surface area contributed by atoms with Crippen LogP contribution in [0.1, 0.15) is 77.0 Å². The molecule has 19 heavy (non-hydrogen) atoms. The van der Waals surface area contributed by atoms with Crippen LogP contribution in [0.5, 0.6) is 0 Å². The Labute approximate surface area is 118 Å². The Balaban J connectivity index is 3.06. The topological polar surface area (TPSA) is 63.3 Å². The second-order valence-electron chi connectivity index (χ2n) is 5.16. The van der Waals surface area contributed by atoms with E-state index in [4.69, 9.17) is 10.8 Å². The van der Waals surface area contributed by atoms with Crippen LogP contribution in [-0.4, -0.2) is 17.6 Å². The summed E-state index contributed by atoms with van der Waals surface area (Å²) in [4.78, 5) is 10.3. The Hall–Kier alpha value is -0.830. The molecular weight excluding hydrogens is 238 g/mol. The van der Waals surface area contributed by atoms with Crippen molar-refractivity contribution in [2.45, 2.75) is 77.0 Å². The molecule has 112 valence electrons. The highest BCUT2D eigenvalue weighted by atomic mass is 16.4. The first-order valence-corrected chi connectivity index (χ1v) is 7.84. The molecule has 3 nitrogen and oxygen atoms in total. The van der Waals surface area contributed by atoms with Gasteiger partial charge in [-0.3, -0.25) is 4.79 Å². The Morgan fingerprint density at radius 3 is 1.79 bits per heavy atom. The van der Waals surface area contributed by atoms with Gasteiger partial charge in [0.25, 0.3) is 0 Å². The molecule has 0 spiro atoms. The highest BCUT2D eigenvalue weighted by molar-refractivity contribution is 5.66. The molecule has 0 atom stereocenters. The summed E-state index contributed by atoms with van der Waals surface area (Å²) >= 11 is 0. The normalized spacial score (nSPS) is 11.2. The van der Waals surface area contributed by atoms with Gasteiger partial charge in [-0.15, -0.1) is 0 Å². The molecule has 0 fully saturated rings. The van der Waals surface area contributed by atoms with E-state index in [1.807, 2.05) is 0 Å². The molecule has 3 heteroatoms. The minimum atomic E-state index is -0.672. The van der Waals surface area contributed by atoms with Crippen LogP contribution in [-0.2, 0) is 4.79 Å². The first-order valence-electron chi connectivity index (χ1n) is 7.84. The predicted molar refractivity (Wildman–Crippen MR) is 81.2 cm³/mol. The zero-order valence-corrected chi connectivity index (χ0v) is 12.3. The molecule has 0 heterocycles. The van der Waals surface area contributed by atoms with E-state index >= 15 is 0 Å². The third-order valence-corrected chi connectivity index (χ3v) is 3.25. The van der Waals surface area contributed by atoms with E-state index < -0.39 is 5.97 Å². The Kier molecular flexibility index (Phi) is 14.6. The minimum absolute atomic E-state index is 0.323. The molecule has 0 aromatic carbocycles. The maximum Gasteiger partial charge on any atom is 0.303 e. The summed E-state index contributed by atoms with van der Waals surface area (Å²) in [6.45, 7) is 0.822. The molecule has 0 aliphatic heterocycles. The molecule has 0 saturated carbocycles. The first kappa shape index (κ1) is 18.2. The summed E-state index contributed by atoms with van der Waals surface area (Å²) in [6.07, 6.45) is 17.8. The molecular formula is C16H31NO2. The van der Waals surface area contributed by atoms with Crippen LogP contribution in [0.25, 0.3) is 0 Å². The van der Waals surface area contributed by atoms with Crippen molar-refractivity contribution in [1.82, 2.24) is 0 Å². The van der Waals surface area contributed by atoms with Gasteiger partial charge in [-0.05, 0) is 45.1 Å². The minimum Gasteiger partial charge on any atom is -0.481 e. The molecule has 0 aromatic rings. The van der Waals surface area contributed by atoms with Gasteiger partial charge < -0.3 is 10.8 Å². The average molecular weight is 269 g/mol. The third kappa shape index (κ3) is 17.2.